The van der Waals surface area contributed by atoms with Gasteiger partial charge < -0.3 is 20.3 Å². The molecule has 1 unspecified atom stereocenters. The second-order valence-corrected chi connectivity index (χ2v) is 6.00. The van der Waals surface area contributed by atoms with Crippen molar-refractivity contribution in [3.63, 3.8) is 0 Å². The van der Waals surface area contributed by atoms with Gasteiger partial charge in [-0.15, -0.1) is 24.0 Å². The number of halogens is 2. The number of likely N-dealkylation sites (N-methyl/N-ethyl adjacent to an activating group) is 1. The van der Waals surface area contributed by atoms with E-state index in [2.05, 4.69) is 22.5 Å². The molecule has 1 aromatic rings. The number of unbranched alkanes of at least 4 members (excludes halogenated alkanes) is 1. The maximum absolute atomic E-state index is 12.9. The molecule has 0 aliphatic rings. The lowest BCUT2D eigenvalue weighted by atomic mass is 10.3. The predicted molar refractivity (Wildman–Crippen MR) is 114 cm³/mol. The molecule has 1 atom stereocenters. The number of hydrogen-bond donors (Lipinski definition) is 2. The molecule has 0 aliphatic carbocycles. The second-order valence-electron chi connectivity index (χ2n) is 6.00. The van der Waals surface area contributed by atoms with Gasteiger partial charge in [-0.1, -0.05) is 13.3 Å². The molecule has 0 aliphatic heterocycles. The van der Waals surface area contributed by atoms with Gasteiger partial charge in [-0.2, -0.15) is 0 Å². The van der Waals surface area contributed by atoms with Crippen LogP contribution < -0.4 is 15.4 Å². The van der Waals surface area contributed by atoms with Crippen LogP contribution in [-0.2, 0) is 4.79 Å². The summed E-state index contributed by atoms with van der Waals surface area (Å²) >= 11 is 0. The molecule has 0 fully saturated rings. The third-order valence-corrected chi connectivity index (χ3v) is 3.40. The summed E-state index contributed by atoms with van der Waals surface area (Å²) in [6.45, 7) is 5.39. The molecule has 0 spiro atoms. The Bertz CT molecular complexity index is 553. The average molecular weight is 480 g/mol. The van der Waals surface area contributed by atoms with E-state index in [0.29, 0.717) is 18.3 Å². The van der Waals surface area contributed by atoms with Crippen LogP contribution in [0.3, 0.4) is 0 Å². The zero-order valence-electron chi connectivity index (χ0n) is 15.9. The number of ether oxygens (including phenoxy) is 1. The molecule has 2 N–H and O–H groups in total. The van der Waals surface area contributed by atoms with Crippen LogP contribution in [-0.4, -0.2) is 56.6 Å². The third-order valence-electron chi connectivity index (χ3n) is 3.40. The van der Waals surface area contributed by atoms with Crippen LogP contribution in [0.1, 0.15) is 26.7 Å². The van der Waals surface area contributed by atoms with Crippen LogP contribution in [0.4, 0.5) is 4.39 Å². The van der Waals surface area contributed by atoms with Gasteiger partial charge in [0.2, 0.25) is 5.91 Å². The van der Waals surface area contributed by atoms with Crippen molar-refractivity contribution in [3.05, 3.63) is 30.1 Å². The minimum Gasteiger partial charge on any atom is -0.489 e. The Morgan fingerprint density at radius 1 is 1.27 bits per heavy atom. The molecular formula is C18H30FIN4O2. The van der Waals surface area contributed by atoms with E-state index >= 15 is 0 Å². The first-order chi connectivity index (χ1) is 11.9. The van der Waals surface area contributed by atoms with Crippen LogP contribution in [0.15, 0.2) is 29.3 Å². The summed E-state index contributed by atoms with van der Waals surface area (Å²) in [6, 6.07) is 5.91. The first-order valence-corrected chi connectivity index (χ1v) is 8.57. The van der Waals surface area contributed by atoms with Crippen molar-refractivity contribution >= 4 is 35.8 Å². The molecule has 0 saturated heterocycles. The highest BCUT2D eigenvalue weighted by Gasteiger charge is 2.08. The third kappa shape index (κ3) is 10.4. The standard InChI is InChI=1S/C18H29FN4O2.HI/c1-5-6-11-20-18(22-13-17(24)23(3)4)21-12-14(2)25-16-9-7-15(19)8-10-16;/h7-10,14H,5-6,11-13H2,1-4H3,(H2,20,21,22);1H. The Hall–Kier alpha value is -1.58. The first-order valence-electron chi connectivity index (χ1n) is 8.57. The summed E-state index contributed by atoms with van der Waals surface area (Å²) in [7, 11) is 3.40. The van der Waals surface area contributed by atoms with E-state index < -0.39 is 0 Å². The molecule has 26 heavy (non-hydrogen) atoms. The molecule has 148 valence electrons. The SMILES string of the molecule is CCCCNC(=NCC(=O)N(C)C)NCC(C)Oc1ccc(F)cc1.I. The quantitative estimate of drug-likeness (QED) is 0.247. The van der Waals surface area contributed by atoms with Gasteiger partial charge in [-0.3, -0.25) is 4.79 Å². The lowest BCUT2D eigenvalue weighted by Crippen LogP contribution is -2.42. The number of nitrogens with one attached hydrogen (secondary N) is 2. The van der Waals surface area contributed by atoms with Gasteiger partial charge >= 0.3 is 0 Å². The summed E-state index contributed by atoms with van der Waals surface area (Å²) in [4.78, 5) is 17.5. The zero-order chi connectivity index (χ0) is 18.7. The fourth-order valence-corrected chi connectivity index (χ4v) is 1.87. The summed E-state index contributed by atoms with van der Waals surface area (Å²) in [5.41, 5.74) is 0. The maximum atomic E-state index is 12.9. The number of rotatable bonds is 9. The highest BCUT2D eigenvalue weighted by molar-refractivity contribution is 14.0. The summed E-state index contributed by atoms with van der Waals surface area (Å²) in [5.74, 6) is 0.833. The Kier molecular flexibility index (Phi) is 12.8. The first kappa shape index (κ1) is 24.4. The fourth-order valence-electron chi connectivity index (χ4n) is 1.87. The second kappa shape index (κ2) is 13.6. The Labute approximate surface area is 172 Å². The van der Waals surface area contributed by atoms with Gasteiger partial charge in [0.25, 0.3) is 0 Å². The zero-order valence-corrected chi connectivity index (χ0v) is 18.2. The Morgan fingerprint density at radius 3 is 2.50 bits per heavy atom. The average Bonchev–Trinajstić information content (AvgIpc) is 2.58. The number of hydrogen-bond acceptors (Lipinski definition) is 3. The molecule has 0 aromatic heterocycles. The van der Waals surface area contributed by atoms with Crippen molar-refractivity contribution in [2.45, 2.75) is 32.8 Å². The number of guanidine groups is 1. The smallest absolute Gasteiger partial charge is 0.243 e. The topological polar surface area (TPSA) is 66.0 Å². The van der Waals surface area contributed by atoms with E-state index in [0.717, 1.165) is 19.4 Å². The molecule has 0 bridgehead atoms. The molecule has 0 heterocycles. The normalized spacial score (nSPS) is 12.0. The minimum atomic E-state index is -0.293. The highest BCUT2D eigenvalue weighted by atomic mass is 127. The summed E-state index contributed by atoms with van der Waals surface area (Å²) < 4.78 is 18.6. The van der Waals surface area contributed by atoms with Crippen molar-refractivity contribution in [1.29, 1.82) is 0 Å². The maximum Gasteiger partial charge on any atom is 0.243 e. The largest absolute Gasteiger partial charge is 0.489 e. The molecule has 1 aromatic carbocycles. The fraction of sp³-hybridized carbons (Fsp3) is 0.556. The molecule has 0 radical (unpaired) electrons. The van der Waals surface area contributed by atoms with Gasteiger partial charge in [0, 0.05) is 20.6 Å². The van der Waals surface area contributed by atoms with Crippen molar-refractivity contribution in [2.24, 2.45) is 4.99 Å². The monoisotopic (exact) mass is 480 g/mol. The van der Waals surface area contributed by atoms with E-state index in [1.165, 1.54) is 17.0 Å². The number of nitrogens with zero attached hydrogens (tertiary/aromatic N) is 2. The van der Waals surface area contributed by atoms with E-state index in [-0.39, 0.29) is 48.3 Å². The Balaban J connectivity index is 0.00000625. The van der Waals surface area contributed by atoms with Crippen molar-refractivity contribution in [3.8, 4) is 5.75 Å². The van der Waals surface area contributed by atoms with Gasteiger partial charge in [-0.05, 0) is 37.6 Å². The molecular weight excluding hydrogens is 450 g/mol. The molecule has 0 saturated carbocycles. The number of carbonyl (C=O) groups is 1. The molecule has 1 amide bonds. The van der Waals surface area contributed by atoms with Gasteiger partial charge in [0.05, 0.1) is 6.54 Å². The van der Waals surface area contributed by atoms with Crippen LogP contribution in [0, 0.1) is 5.82 Å². The summed E-state index contributed by atoms with van der Waals surface area (Å²) in [5, 5.41) is 6.38. The van der Waals surface area contributed by atoms with Gasteiger partial charge in [-0.25, -0.2) is 9.38 Å². The molecule has 6 nitrogen and oxygen atoms in total. The van der Waals surface area contributed by atoms with Gasteiger partial charge in [0.15, 0.2) is 5.96 Å². The lowest BCUT2D eigenvalue weighted by Gasteiger charge is -2.18. The van der Waals surface area contributed by atoms with Crippen molar-refractivity contribution in [2.75, 3.05) is 33.7 Å². The number of carbonyl (C=O) groups excluding carboxylic acids is 1. The van der Waals surface area contributed by atoms with Crippen LogP contribution in [0.2, 0.25) is 0 Å². The van der Waals surface area contributed by atoms with E-state index in [4.69, 9.17) is 4.74 Å². The van der Waals surface area contributed by atoms with E-state index in [1.54, 1.807) is 26.2 Å². The molecule has 1 rings (SSSR count). The van der Waals surface area contributed by atoms with E-state index in [1.807, 2.05) is 6.92 Å². The van der Waals surface area contributed by atoms with E-state index in [9.17, 15) is 9.18 Å². The minimum absolute atomic E-state index is 0. The summed E-state index contributed by atoms with van der Waals surface area (Å²) in [6.07, 6.45) is 1.94. The number of amides is 1. The number of aliphatic imine (C=N–C) groups is 1. The highest BCUT2D eigenvalue weighted by Crippen LogP contribution is 2.12. The van der Waals surface area contributed by atoms with Crippen LogP contribution in [0.5, 0.6) is 5.75 Å². The van der Waals surface area contributed by atoms with Crippen molar-refractivity contribution < 1.29 is 13.9 Å². The molecule has 8 heteroatoms. The Morgan fingerprint density at radius 2 is 1.92 bits per heavy atom. The van der Waals surface area contributed by atoms with Gasteiger partial charge in [0.1, 0.15) is 24.2 Å². The number of benzene rings is 1. The lowest BCUT2D eigenvalue weighted by molar-refractivity contribution is -0.127. The van der Waals surface area contributed by atoms with Crippen LogP contribution in [0.25, 0.3) is 0 Å². The van der Waals surface area contributed by atoms with Crippen molar-refractivity contribution in [1.82, 2.24) is 15.5 Å². The predicted octanol–water partition coefficient (Wildman–Crippen LogP) is 2.63. The van der Waals surface area contributed by atoms with Crippen LogP contribution >= 0.6 is 24.0 Å².